The average Bonchev–Trinajstić information content (AvgIpc) is 2.51. The van der Waals surface area contributed by atoms with Crippen LogP contribution in [0.15, 0.2) is 30.5 Å². The summed E-state index contributed by atoms with van der Waals surface area (Å²) in [6.07, 6.45) is 3.48. The highest BCUT2D eigenvalue weighted by atomic mass is 16.1. The fraction of sp³-hybridized carbons (Fsp3) is 0.375. The van der Waals surface area contributed by atoms with E-state index >= 15 is 0 Å². The fourth-order valence-electron chi connectivity index (χ4n) is 3.00. The monoisotopic (exact) mass is 284 g/mol. The van der Waals surface area contributed by atoms with E-state index in [1.165, 1.54) is 5.56 Å². The van der Waals surface area contributed by atoms with E-state index < -0.39 is 0 Å². The number of pyridine rings is 1. The van der Waals surface area contributed by atoms with Crippen LogP contribution in [0, 0.1) is 5.92 Å². The number of nitrogen functional groups attached to an aromatic ring is 1. The van der Waals surface area contributed by atoms with Crippen LogP contribution >= 0.6 is 0 Å². The largest absolute Gasteiger partial charge is 0.398 e. The lowest BCUT2D eigenvalue weighted by molar-refractivity contribution is -0.123. The molecule has 0 atom stereocenters. The highest BCUT2D eigenvalue weighted by Crippen LogP contribution is 2.25. The molecule has 1 aliphatic rings. The van der Waals surface area contributed by atoms with Gasteiger partial charge < -0.3 is 11.5 Å². The third kappa shape index (κ3) is 2.83. The van der Waals surface area contributed by atoms with Gasteiger partial charge in [0, 0.05) is 29.7 Å². The summed E-state index contributed by atoms with van der Waals surface area (Å²) in [7, 11) is 0. The van der Waals surface area contributed by atoms with Crippen molar-refractivity contribution < 1.29 is 4.79 Å². The summed E-state index contributed by atoms with van der Waals surface area (Å²) in [5.41, 5.74) is 14.3. The number of carbonyl (C=O) groups excluding carboxylic acids is 1. The van der Waals surface area contributed by atoms with Crippen LogP contribution in [-0.2, 0) is 11.3 Å². The Labute approximate surface area is 123 Å². The third-order valence-corrected chi connectivity index (χ3v) is 4.27. The lowest BCUT2D eigenvalue weighted by atomic mass is 9.96. The molecule has 0 saturated carbocycles. The number of benzene rings is 1. The van der Waals surface area contributed by atoms with Gasteiger partial charge in [0.05, 0.1) is 5.52 Å². The number of primary amides is 1. The van der Waals surface area contributed by atoms with Crippen LogP contribution in [0.4, 0.5) is 5.69 Å². The van der Waals surface area contributed by atoms with Crippen molar-refractivity contribution in [2.24, 2.45) is 11.7 Å². The van der Waals surface area contributed by atoms with Crippen LogP contribution in [0.25, 0.3) is 10.9 Å². The topological polar surface area (TPSA) is 85.2 Å². The second-order valence-corrected chi connectivity index (χ2v) is 5.67. The van der Waals surface area contributed by atoms with Crippen molar-refractivity contribution in [2.45, 2.75) is 19.4 Å². The average molecular weight is 284 g/mol. The van der Waals surface area contributed by atoms with Crippen molar-refractivity contribution in [2.75, 3.05) is 18.8 Å². The smallest absolute Gasteiger partial charge is 0.220 e. The number of hydrogen-bond donors (Lipinski definition) is 2. The van der Waals surface area contributed by atoms with E-state index in [2.05, 4.69) is 9.88 Å². The standard InChI is InChI=1S/C16H20N4O/c17-14-4-3-12(15-13(14)2-1-7-19-15)10-20-8-5-11(6-9-20)16(18)21/h1-4,7,11H,5-6,8-10,17H2,(H2,18,21). The van der Waals surface area contributed by atoms with Gasteiger partial charge in [-0.3, -0.25) is 14.7 Å². The van der Waals surface area contributed by atoms with Crippen LogP contribution in [-0.4, -0.2) is 28.9 Å². The molecule has 0 spiro atoms. The van der Waals surface area contributed by atoms with Gasteiger partial charge in [0.2, 0.25) is 5.91 Å². The van der Waals surface area contributed by atoms with Crippen LogP contribution in [0.5, 0.6) is 0 Å². The minimum atomic E-state index is -0.172. The molecule has 1 aromatic heterocycles. The molecule has 2 heterocycles. The van der Waals surface area contributed by atoms with Gasteiger partial charge in [-0.2, -0.15) is 0 Å². The maximum Gasteiger partial charge on any atom is 0.220 e. The highest BCUT2D eigenvalue weighted by molar-refractivity contribution is 5.92. The maximum absolute atomic E-state index is 11.2. The number of nitrogens with zero attached hydrogens (tertiary/aromatic N) is 2. The molecule has 1 amide bonds. The van der Waals surface area contributed by atoms with E-state index in [-0.39, 0.29) is 11.8 Å². The molecule has 110 valence electrons. The van der Waals surface area contributed by atoms with Gasteiger partial charge in [-0.1, -0.05) is 6.07 Å². The Kier molecular flexibility index (Phi) is 3.75. The Balaban J connectivity index is 1.77. The fourth-order valence-corrected chi connectivity index (χ4v) is 3.00. The van der Waals surface area contributed by atoms with E-state index in [1.807, 2.05) is 24.3 Å². The Morgan fingerprint density at radius 3 is 2.76 bits per heavy atom. The number of piperidine rings is 1. The summed E-state index contributed by atoms with van der Waals surface area (Å²) in [5, 5.41) is 1.00. The van der Waals surface area contributed by atoms with Gasteiger partial charge in [0.25, 0.3) is 0 Å². The first-order valence-electron chi connectivity index (χ1n) is 7.29. The molecule has 0 radical (unpaired) electrons. The molecule has 3 rings (SSSR count). The van der Waals surface area contributed by atoms with Crippen LogP contribution in [0.3, 0.4) is 0 Å². The molecule has 1 aliphatic heterocycles. The third-order valence-electron chi connectivity index (χ3n) is 4.27. The zero-order chi connectivity index (χ0) is 14.8. The zero-order valence-corrected chi connectivity index (χ0v) is 12.0. The molecule has 5 nitrogen and oxygen atoms in total. The van der Waals surface area contributed by atoms with Crippen molar-refractivity contribution in [1.82, 2.24) is 9.88 Å². The first kappa shape index (κ1) is 13.8. The van der Waals surface area contributed by atoms with E-state index in [1.54, 1.807) is 6.20 Å². The predicted octanol–water partition coefficient (Wildman–Crippen LogP) is 1.51. The quantitative estimate of drug-likeness (QED) is 0.837. The second kappa shape index (κ2) is 5.69. The predicted molar refractivity (Wildman–Crippen MR) is 83.4 cm³/mol. The number of carbonyl (C=O) groups is 1. The number of hydrogen-bond acceptors (Lipinski definition) is 4. The molecule has 2 aromatic rings. The normalized spacial score (nSPS) is 17.1. The van der Waals surface area contributed by atoms with Gasteiger partial charge in [0.15, 0.2) is 0 Å². The van der Waals surface area contributed by atoms with Gasteiger partial charge >= 0.3 is 0 Å². The molecule has 1 saturated heterocycles. The van der Waals surface area contributed by atoms with E-state index in [4.69, 9.17) is 11.5 Å². The Morgan fingerprint density at radius 1 is 1.29 bits per heavy atom. The first-order valence-corrected chi connectivity index (χ1v) is 7.29. The van der Waals surface area contributed by atoms with E-state index in [9.17, 15) is 4.79 Å². The summed E-state index contributed by atoms with van der Waals surface area (Å²) in [4.78, 5) is 18.0. The molecule has 1 aromatic carbocycles. The van der Waals surface area contributed by atoms with Gasteiger partial charge in [-0.15, -0.1) is 0 Å². The molecule has 21 heavy (non-hydrogen) atoms. The SMILES string of the molecule is NC(=O)C1CCN(Cc2ccc(N)c3cccnc23)CC1. The van der Waals surface area contributed by atoms with Gasteiger partial charge in [-0.05, 0) is 49.7 Å². The number of likely N-dealkylation sites (tertiary alicyclic amines) is 1. The van der Waals surface area contributed by atoms with Gasteiger partial charge in [0.1, 0.15) is 0 Å². The summed E-state index contributed by atoms with van der Waals surface area (Å²) in [5.74, 6) is -0.142. The number of anilines is 1. The molecule has 0 unspecified atom stereocenters. The minimum absolute atomic E-state index is 0.0301. The Hall–Kier alpha value is -2.14. The number of amides is 1. The molecule has 0 aliphatic carbocycles. The highest BCUT2D eigenvalue weighted by Gasteiger charge is 2.23. The van der Waals surface area contributed by atoms with Crippen LogP contribution in [0.1, 0.15) is 18.4 Å². The molecular formula is C16H20N4O. The summed E-state index contributed by atoms with van der Waals surface area (Å²) < 4.78 is 0. The van der Waals surface area contributed by atoms with E-state index in [0.29, 0.717) is 0 Å². The van der Waals surface area contributed by atoms with Crippen molar-refractivity contribution in [3.63, 3.8) is 0 Å². The summed E-state index contributed by atoms with van der Waals surface area (Å²) in [6, 6.07) is 7.89. The number of fused-ring (bicyclic) bond motifs is 1. The zero-order valence-electron chi connectivity index (χ0n) is 12.0. The summed E-state index contributed by atoms with van der Waals surface area (Å²) >= 11 is 0. The molecule has 5 heteroatoms. The molecule has 1 fully saturated rings. The van der Waals surface area contributed by atoms with Crippen molar-refractivity contribution in [1.29, 1.82) is 0 Å². The van der Waals surface area contributed by atoms with Crippen molar-refractivity contribution in [3.05, 3.63) is 36.0 Å². The van der Waals surface area contributed by atoms with Crippen LogP contribution in [0.2, 0.25) is 0 Å². The second-order valence-electron chi connectivity index (χ2n) is 5.67. The molecular weight excluding hydrogens is 264 g/mol. The van der Waals surface area contributed by atoms with Crippen molar-refractivity contribution in [3.8, 4) is 0 Å². The van der Waals surface area contributed by atoms with Gasteiger partial charge in [-0.25, -0.2) is 0 Å². The van der Waals surface area contributed by atoms with E-state index in [0.717, 1.165) is 49.1 Å². The number of nitrogens with two attached hydrogens (primary N) is 2. The Bertz CT molecular complexity index is 662. The molecule has 4 N–H and O–H groups in total. The maximum atomic E-state index is 11.2. The summed E-state index contributed by atoms with van der Waals surface area (Å²) in [6.45, 7) is 2.62. The minimum Gasteiger partial charge on any atom is -0.398 e. The number of rotatable bonds is 3. The van der Waals surface area contributed by atoms with Crippen molar-refractivity contribution >= 4 is 22.5 Å². The number of aromatic nitrogens is 1. The molecule has 0 bridgehead atoms. The van der Waals surface area contributed by atoms with Crippen LogP contribution < -0.4 is 11.5 Å². The Morgan fingerprint density at radius 2 is 2.05 bits per heavy atom. The first-order chi connectivity index (χ1) is 10.1. The lowest BCUT2D eigenvalue weighted by Gasteiger charge is -2.30. The lowest BCUT2D eigenvalue weighted by Crippen LogP contribution is -2.38.